The predicted octanol–water partition coefficient (Wildman–Crippen LogP) is 19.1. The maximum absolute atomic E-state index is 6.64. The summed E-state index contributed by atoms with van der Waals surface area (Å²) >= 11 is 0. The van der Waals surface area contributed by atoms with Crippen molar-refractivity contribution in [2.45, 2.75) is 79.3 Å². The van der Waals surface area contributed by atoms with Gasteiger partial charge in [0.25, 0.3) is 0 Å². The molecule has 0 unspecified atom stereocenters. The Morgan fingerprint density at radius 2 is 0.320 bits per heavy atom. The molecule has 0 fully saturated rings. The van der Waals surface area contributed by atoms with Gasteiger partial charge in [-0.25, -0.2) is 0 Å². The van der Waals surface area contributed by atoms with E-state index < -0.39 is 0 Å². The van der Waals surface area contributed by atoms with Crippen molar-refractivity contribution in [2.24, 2.45) is 0 Å². The third-order valence-electron chi connectivity index (χ3n) is 16.8. The van der Waals surface area contributed by atoms with Crippen LogP contribution in [0.4, 0.5) is 0 Å². The van der Waals surface area contributed by atoms with E-state index in [1.807, 2.05) is 309 Å². The van der Waals surface area contributed by atoms with Crippen molar-refractivity contribution in [3.05, 3.63) is 376 Å². The normalized spacial score (nSPS) is 11.0. The van der Waals surface area contributed by atoms with Crippen molar-refractivity contribution >= 4 is 0 Å². The van der Waals surface area contributed by atoms with Crippen LogP contribution in [0, 0.1) is 0 Å². The molecular weight excluding hydrogens is 1290 g/mol. The van der Waals surface area contributed by atoms with Gasteiger partial charge in [0.05, 0.1) is 39.6 Å². The zero-order chi connectivity index (χ0) is 70.0. The van der Waals surface area contributed by atoms with Crippen LogP contribution in [0.5, 0.6) is 51.7 Å². The number of hydrogen-bond acceptors (Lipinski definition) is 13. The van der Waals surface area contributed by atoms with Gasteiger partial charge in [-0.3, -0.25) is 4.90 Å². The first kappa shape index (κ1) is 71.5. The lowest BCUT2D eigenvalue weighted by atomic mass is 10.1. The first-order valence-electron chi connectivity index (χ1n) is 35.0. The van der Waals surface area contributed by atoms with Gasteiger partial charge in [-0.05, 0) is 103 Å². The smallest absolute Gasteiger partial charge is 0.203 e. The molecule has 12 aromatic carbocycles. The fraction of sp³-hybridized carbons (Fsp3) is 0.200. The van der Waals surface area contributed by atoms with Crippen LogP contribution in [0.25, 0.3) is 0 Å². The number of hydrogen-bond donors (Lipinski definition) is 0. The maximum atomic E-state index is 6.64. The molecule has 0 aliphatic carbocycles. The van der Waals surface area contributed by atoms with Crippen LogP contribution in [0.3, 0.4) is 0 Å². The van der Waals surface area contributed by atoms with Crippen molar-refractivity contribution < 1.29 is 56.8 Å². The minimum Gasteiger partial charge on any atom is -0.485 e. The molecule has 524 valence electrons. The molecule has 0 N–H and O–H groups in total. The average Bonchev–Trinajstić information content (AvgIpc) is 0.832. The van der Waals surface area contributed by atoms with E-state index in [-0.39, 0.29) is 19.8 Å². The molecule has 0 saturated carbocycles. The Hall–Kier alpha value is -11.3. The van der Waals surface area contributed by atoms with Gasteiger partial charge in [0.2, 0.25) is 17.2 Å². The lowest BCUT2D eigenvalue weighted by Gasteiger charge is -2.23. The monoisotopic (exact) mass is 1370 g/mol. The summed E-state index contributed by atoms with van der Waals surface area (Å²) in [5, 5.41) is 0. The molecule has 0 amide bonds. The van der Waals surface area contributed by atoms with Crippen molar-refractivity contribution in [3.63, 3.8) is 0 Å². The molecule has 0 aliphatic rings. The Morgan fingerprint density at radius 3 is 0.485 bits per heavy atom. The highest BCUT2D eigenvalue weighted by atomic mass is 16.6. The Kier molecular flexibility index (Phi) is 27.5. The van der Waals surface area contributed by atoms with Gasteiger partial charge >= 0.3 is 0 Å². The van der Waals surface area contributed by atoms with E-state index in [9.17, 15) is 0 Å². The average molecular weight is 1370 g/mol. The van der Waals surface area contributed by atoms with E-state index in [0.29, 0.717) is 151 Å². The molecule has 103 heavy (non-hydrogen) atoms. The summed E-state index contributed by atoms with van der Waals surface area (Å²) in [5.74, 6) is 4.88. The number of ether oxygens (including phenoxy) is 12. The minimum absolute atomic E-state index is 0.270. The van der Waals surface area contributed by atoms with Crippen molar-refractivity contribution in [1.82, 2.24) is 4.90 Å². The van der Waals surface area contributed by atoms with Crippen molar-refractivity contribution in [3.8, 4) is 51.7 Å². The second-order valence-electron chi connectivity index (χ2n) is 24.7. The van der Waals surface area contributed by atoms with E-state index in [1.165, 1.54) is 0 Å². The molecule has 12 rings (SSSR count). The Bertz CT molecular complexity index is 3750. The van der Waals surface area contributed by atoms with Crippen molar-refractivity contribution in [2.75, 3.05) is 39.5 Å². The highest BCUT2D eigenvalue weighted by Gasteiger charge is 2.22. The molecule has 0 radical (unpaired) electrons. The molecule has 0 saturated heterocycles. The van der Waals surface area contributed by atoms with Crippen LogP contribution >= 0.6 is 0 Å². The van der Waals surface area contributed by atoms with E-state index in [4.69, 9.17) is 56.8 Å². The summed E-state index contributed by atoms with van der Waals surface area (Å²) in [6.07, 6.45) is 0. The lowest BCUT2D eigenvalue weighted by Crippen LogP contribution is -2.34. The molecule has 13 nitrogen and oxygen atoms in total. The molecule has 13 heteroatoms. The zero-order valence-corrected chi connectivity index (χ0v) is 58.0. The van der Waals surface area contributed by atoms with Gasteiger partial charge in [-0.1, -0.05) is 273 Å². The minimum atomic E-state index is 0.270. The molecule has 0 bridgehead atoms. The Morgan fingerprint density at radius 1 is 0.165 bits per heavy atom. The van der Waals surface area contributed by atoms with Gasteiger partial charge < -0.3 is 56.8 Å². The highest BCUT2D eigenvalue weighted by molar-refractivity contribution is 5.56. The van der Waals surface area contributed by atoms with E-state index in [1.54, 1.807) is 0 Å². The van der Waals surface area contributed by atoms with Gasteiger partial charge in [0.1, 0.15) is 59.5 Å². The molecule has 0 spiro atoms. The predicted molar refractivity (Wildman–Crippen MR) is 402 cm³/mol. The third-order valence-corrected chi connectivity index (χ3v) is 16.8. The third kappa shape index (κ3) is 23.4. The van der Waals surface area contributed by atoms with Gasteiger partial charge in [0.15, 0.2) is 34.5 Å². The van der Waals surface area contributed by atoms with E-state index in [0.717, 1.165) is 66.8 Å². The zero-order valence-electron chi connectivity index (χ0n) is 58.0. The number of benzene rings is 12. The fourth-order valence-electron chi connectivity index (χ4n) is 11.3. The molecule has 0 aromatic heterocycles. The van der Waals surface area contributed by atoms with Crippen LogP contribution in [-0.2, 0) is 93.5 Å². The highest BCUT2D eigenvalue weighted by Crippen LogP contribution is 2.44. The maximum Gasteiger partial charge on any atom is 0.203 e. The summed E-state index contributed by atoms with van der Waals surface area (Å²) in [5.41, 5.74) is 11.8. The van der Waals surface area contributed by atoms with Crippen LogP contribution in [0.15, 0.2) is 309 Å². The summed E-state index contributed by atoms with van der Waals surface area (Å²) in [6.45, 7) is 6.55. The van der Waals surface area contributed by atoms with Gasteiger partial charge in [0, 0.05) is 19.6 Å². The Labute approximate surface area is 605 Å². The number of nitrogens with zero attached hydrogens (tertiary/aromatic N) is 1. The van der Waals surface area contributed by atoms with E-state index >= 15 is 0 Å². The molecule has 12 aromatic rings. The topological polar surface area (TPSA) is 114 Å². The van der Waals surface area contributed by atoms with Crippen LogP contribution in [0.2, 0.25) is 0 Å². The standard InChI is InChI=1S/C90H87NO12/c1-10-28-70(29-11-1)61-95-82-52-79(53-83(96-62-71-30-12-2-13-31-71)88(82)101-67-76-40-22-7-23-41-76)58-92-49-46-91(47-50-93-59-80-54-84(97-63-72-32-14-3-15-33-72)89(102-68-77-42-24-8-25-43-77)85(55-80)98-64-73-34-16-4-17-35-73)48-51-94-60-81-56-86(99-65-74-36-18-5-19-37-74)90(103-69-78-44-26-9-27-45-78)87(57-81)100-66-75-38-20-6-21-39-75/h1-45,52-57H,46-51,58-69H2. The lowest BCUT2D eigenvalue weighted by molar-refractivity contribution is 0.0423. The summed E-state index contributed by atoms with van der Waals surface area (Å²) in [4.78, 5) is 2.30. The summed E-state index contributed by atoms with van der Waals surface area (Å²) in [7, 11) is 0. The molecule has 0 heterocycles. The Balaban J connectivity index is 0.785. The first-order valence-corrected chi connectivity index (χ1v) is 35.0. The second kappa shape index (κ2) is 39.6. The second-order valence-corrected chi connectivity index (χ2v) is 24.7. The number of rotatable bonds is 42. The van der Waals surface area contributed by atoms with Gasteiger partial charge in [-0.2, -0.15) is 0 Å². The van der Waals surface area contributed by atoms with Crippen LogP contribution in [0.1, 0.15) is 66.8 Å². The van der Waals surface area contributed by atoms with Gasteiger partial charge in [-0.15, -0.1) is 0 Å². The van der Waals surface area contributed by atoms with E-state index in [2.05, 4.69) is 4.90 Å². The molecular formula is C90H87NO12. The quantitative estimate of drug-likeness (QED) is 0.0339. The van der Waals surface area contributed by atoms with Crippen LogP contribution in [-0.4, -0.2) is 44.4 Å². The largest absolute Gasteiger partial charge is 0.485 e. The van der Waals surface area contributed by atoms with Crippen molar-refractivity contribution in [1.29, 1.82) is 0 Å². The molecule has 0 aliphatic heterocycles. The first-order chi connectivity index (χ1) is 51.0. The summed E-state index contributed by atoms with van der Waals surface area (Å²) in [6, 6.07) is 103. The fourth-order valence-corrected chi connectivity index (χ4v) is 11.3. The molecule has 0 atom stereocenters. The SMILES string of the molecule is c1ccc(COc2cc(COCCN(CCOCc3cc(OCc4ccccc4)c(OCc4ccccc4)c(OCc4ccccc4)c3)CCOCc3cc(OCc4ccccc4)c(OCc4ccccc4)c(OCc4ccccc4)c3)cc(OCc3ccccc3)c2OCc2ccccc2)cc1. The van der Waals surface area contributed by atoms with Crippen LogP contribution < -0.4 is 42.6 Å². The summed E-state index contributed by atoms with van der Waals surface area (Å²) < 4.78 is 79.7.